The third-order valence-corrected chi connectivity index (χ3v) is 3.25. The summed E-state index contributed by atoms with van der Waals surface area (Å²) in [5.41, 5.74) is 2.27. The molecule has 2 rings (SSSR count). The van der Waals surface area contributed by atoms with Gasteiger partial charge >= 0.3 is 5.97 Å². The van der Waals surface area contributed by atoms with E-state index in [0.29, 0.717) is 5.56 Å². The Labute approximate surface area is 133 Å². The number of benzene rings is 2. The maximum absolute atomic E-state index is 13.3. The summed E-state index contributed by atoms with van der Waals surface area (Å²) in [5.74, 6) is -1.45. The van der Waals surface area contributed by atoms with Crippen molar-refractivity contribution in [3.8, 4) is 5.75 Å². The Morgan fingerprint density at radius 3 is 2.30 bits per heavy atom. The van der Waals surface area contributed by atoms with Gasteiger partial charge in [0.1, 0.15) is 11.6 Å². The zero-order valence-corrected chi connectivity index (χ0v) is 13.2. The standard InChI is InChI=1S/C18H17FO4/c1-11-6-12(2)8-13(7-11)18(21)23-10-16(20)15-9-14(19)4-5-17(15)22-3/h4-9H,10H2,1-3H3. The van der Waals surface area contributed by atoms with E-state index in [1.165, 1.54) is 19.2 Å². The molecule has 4 nitrogen and oxygen atoms in total. The molecule has 2 aromatic rings. The van der Waals surface area contributed by atoms with Crippen LogP contribution in [0.3, 0.4) is 0 Å². The predicted octanol–water partition coefficient (Wildman–Crippen LogP) is 3.49. The molecule has 0 fully saturated rings. The normalized spacial score (nSPS) is 10.3. The van der Waals surface area contributed by atoms with Crippen LogP contribution in [-0.2, 0) is 4.74 Å². The quantitative estimate of drug-likeness (QED) is 0.626. The molecule has 0 aliphatic heterocycles. The molecule has 0 aliphatic rings. The van der Waals surface area contributed by atoms with Crippen molar-refractivity contribution < 1.29 is 23.5 Å². The van der Waals surface area contributed by atoms with Crippen LogP contribution in [-0.4, -0.2) is 25.5 Å². The van der Waals surface area contributed by atoms with Gasteiger partial charge in [-0.1, -0.05) is 17.2 Å². The topological polar surface area (TPSA) is 52.6 Å². The van der Waals surface area contributed by atoms with Crippen molar-refractivity contribution in [1.82, 2.24) is 0 Å². The van der Waals surface area contributed by atoms with Crippen LogP contribution in [0.1, 0.15) is 31.8 Å². The predicted molar refractivity (Wildman–Crippen MR) is 83.5 cm³/mol. The van der Waals surface area contributed by atoms with E-state index in [-0.39, 0.29) is 11.3 Å². The second kappa shape index (κ2) is 7.05. The Morgan fingerprint density at radius 2 is 1.70 bits per heavy atom. The van der Waals surface area contributed by atoms with E-state index in [9.17, 15) is 14.0 Å². The van der Waals surface area contributed by atoms with Gasteiger partial charge in [0, 0.05) is 0 Å². The number of ether oxygens (including phenoxy) is 2. The Hall–Kier alpha value is -2.69. The van der Waals surface area contributed by atoms with Crippen molar-refractivity contribution in [1.29, 1.82) is 0 Å². The summed E-state index contributed by atoms with van der Waals surface area (Å²) in [4.78, 5) is 24.1. The van der Waals surface area contributed by atoms with E-state index < -0.39 is 24.2 Å². The fourth-order valence-corrected chi connectivity index (χ4v) is 2.28. The second-order valence-corrected chi connectivity index (χ2v) is 5.22. The molecule has 0 aromatic heterocycles. The molecule has 0 atom stereocenters. The van der Waals surface area contributed by atoms with Crippen LogP contribution in [0.4, 0.5) is 4.39 Å². The molecule has 0 aliphatic carbocycles. The first kappa shape index (κ1) is 16.7. The van der Waals surface area contributed by atoms with Crippen LogP contribution in [0.5, 0.6) is 5.75 Å². The average Bonchev–Trinajstić information content (AvgIpc) is 2.51. The summed E-state index contributed by atoms with van der Waals surface area (Å²) in [6, 6.07) is 8.90. The van der Waals surface area contributed by atoms with Crippen molar-refractivity contribution in [2.75, 3.05) is 13.7 Å². The minimum Gasteiger partial charge on any atom is -0.496 e. The highest BCUT2D eigenvalue weighted by molar-refractivity contribution is 6.01. The van der Waals surface area contributed by atoms with E-state index in [1.807, 2.05) is 19.9 Å². The third-order valence-electron chi connectivity index (χ3n) is 3.25. The number of hydrogen-bond acceptors (Lipinski definition) is 4. The molecule has 0 spiro atoms. The maximum atomic E-state index is 13.3. The lowest BCUT2D eigenvalue weighted by molar-refractivity contribution is 0.0473. The van der Waals surface area contributed by atoms with Crippen LogP contribution in [0, 0.1) is 19.7 Å². The average molecular weight is 316 g/mol. The molecule has 120 valence electrons. The van der Waals surface area contributed by atoms with Crippen molar-refractivity contribution in [2.45, 2.75) is 13.8 Å². The minimum atomic E-state index is -0.597. The number of hydrogen-bond donors (Lipinski definition) is 0. The highest BCUT2D eigenvalue weighted by Crippen LogP contribution is 2.20. The molecule has 0 bridgehead atoms. The lowest BCUT2D eigenvalue weighted by Gasteiger charge is -2.09. The molecular formula is C18H17FO4. The SMILES string of the molecule is COc1ccc(F)cc1C(=O)COC(=O)c1cc(C)cc(C)c1. The second-order valence-electron chi connectivity index (χ2n) is 5.22. The van der Waals surface area contributed by atoms with Gasteiger partial charge in [-0.3, -0.25) is 4.79 Å². The van der Waals surface area contributed by atoms with Crippen LogP contribution in [0.25, 0.3) is 0 Å². The van der Waals surface area contributed by atoms with Gasteiger partial charge in [-0.05, 0) is 44.2 Å². The minimum absolute atomic E-state index is 0.0423. The Morgan fingerprint density at radius 1 is 1.04 bits per heavy atom. The van der Waals surface area contributed by atoms with Gasteiger partial charge in [-0.15, -0.1) is 0 Å². The van der Waals surface area contributed by atoms with Crippen molar-refractivity contribution in [2.24, 2.45) is 0 Å². The molecule has 0 unspecified atom stereocenters. The lowest BCUT2D eigenvalue weighted by atomic mass is 10.1. The summed E-state index contributed by atoms with van der Waals surface area (Å²) in [6.45, 7) is 3.25. The maximum Gasteiger partial charge on any atom is 0.338 e. The van der Waals surface area contributed by atoms with Gasteiger partial charge in [0.05, 0.1) is 18.2 Å². The van der Waals surface area contributed by atoms with Gasteiger partial charge in [0.2, 0.25) is 5.78 Å². The van der Waals surface area contributed by atoms with Crippen LogP contribution < -0.4 is 4.74 Å². The van der Waals surface area contributed by atoms with Crippen molar-refractivity contribution in [3.05, 3.63) is 64.5 Å². The number of rotatable bonds is 5. The molecule has 5 heteroatoms. The van der Waals surface area contributed by atoms with E-state index in [4.69, 9.17) is 9.47 Å². The Kier molecular flexibility index (Phi) is 5.11. The zero-order valence-electron chi connectivity index (χ0n) is 13.2. The smallest absolute Gasteiger partial charge is 0.338 e. The molecule has 0 saturated carbocycles. The van der Waals surface area contributed by atoms with Crippen molar-refractivity contribution >= 4 is 11.8 Å². The number of ketones is 1. The number of carbonyl (C=O) groups is 2. The molecule has 0 heterocycles. The van der Waals surface area contributed by atoms with Gasteiger partial charge in [-0.25, -0.2) is 9.18 Å². The monoisotopic (exact) mass is 316 g/mol. The number of aryl methyl sites for hydroxylation is 2. The number of Topliss-reactive ketones (excluding diaryl/α,β-unsaturated/α-hetero) is 1. The summed E-state index contributed by atoms with van der Waals surface area (Å²) in [6.07, 6.45) is 0. The first-order valence-corrected chi connectivity index (χ1v) is 7.03. The molecular weight excluding hydrogens is 299 g/mol. The molecule has 0 amide bonds. The Bertz CT molecular complexity index is 732. The molecule has 0 radical (unpaired) electrons. The summed E-state index contributed by atoms with van der Waals surface area (Å²) < 4.78 is 23.3. The largest absolute Gasteiger partial charge is 0.496 e. The van der Waals surface area contributed by atoms with Gasteiger partial charge in [0.25, 0.3) is 0 Å². The number of esters is 1. The van der Waals surface area contributed by atoms with Gasteiger partial charge < -0.3 is 9.47 Å². The van der Waals surface area contributed by atoms with Gasteiger partial charge in [0.15, 0.2) is 6.61 Å². The van der Waals surface area contributed by atoms with Gasteiger partial charge in [-0.2, -0.15) is 0 Å². The lowest BCUT2D eigenvalue weighted by Crippen LogP contribution is -2.15. The summed E-state index contributed by atoms with van der Waals surface area (Å²) in [5, 5.41) is 0. The number of methoxy groups -OCH3 is 1. The molecule has 0 N–H and O–H groups in total. The fourth-order valence-electron chi connectivity index (χ4n) is 2.28. The fraction of sp³-hybridized carbons (Fsp3) is 0.222. The summed E-state index contributed by atoms with van der Waals surface area (Å²) >= 11 is 0. The van der Waals surface area contributed by atoms with Crippen LogP contribution >= 0.6 is 0 Å². The third kappa shape index (κ3) is 4.16. The first-order valence-electron chi connectivity index (χ1n) is 7.03. The molecule has 23 heavy (non-hydrogen) atoms. The highest BCUT2D eigenvalue weighted by Gasteiger charge is 2.16. The van der Waals surface area contributed by atoms with Crippen LogP contribution in [0.15, 0.2) is 36.4 Å². The Balaban J connectivity index is 2.10. The number of halogens is 1. The molecule has 0 saturated heterocycles. The van der Waals surface area contributed by atoms with Crippen molar-refractivity contribution in [3.63, 3.8) is 0 Å². The highest BCUT2D eigenvalue weighted by atomic mass is 19.1. The summed E-state index contributed by atoms with van der Waals surface area (Å²) in [7, 11) is 1.38. The van der Waals surface area contributed by atoms with E-state index in [2.05, 4.69) is 0 Å². The number of carbonyl (C=O) groups excluding carboxylic acids is 2. The first-order chi connectivity index (χ1) is 10.9. The van der Waals surface area contributed by atoms with Crippen LogP contribution in [0.2, 0.25) is 0 Å². The van der Waals surface area contributed by atoms with E-state index in [1.54, 1.807) is 12.1 Å². The van der Waals surface area contributed by atoms with E-state index in [0.717, 1.165) is 17.2 Å². The van der Waals surface area contributed by atoms with E-state index >= 15 is 0 Å². The zero-order chi connectivity index (χ0) is 17.0. The molecule has 2 aromatic carbocycles.